The van der Waals surface area contributed by atoms with Gasteiger partial charge in [-0.3, -0.25) is 9.48 Å². The van der Waals surface area contributed by atoms with Gasteiger partial charge >= 0.3 is 0 Å². The lowest BCUT2D eigenvalue weighted by Crippen LogP contribution is -2.33. The van der Waals surface area contributed by atoms with E-state index in [0.29, 0.717) is 13.1 Å². The average Bonchev–Trinajstić information content (AvgIpc) is 2.94. The summed E-state index contributed by atoms with van der Waals surface area (Å²) in [4.78, 5) is 13.8. The zero-order valence-electron chi connectivity index (χ0n) is 12.7. The van der Waals surface area contributed by atoms with Crippen LogP contribution >= 0.6 is 0 Å². The van der Waals surface area contributed by atoms with E-state index in [-0.39, 0.29) is 24.9 Å². The molecule has 1 aliphatic rings. The number of aryl methyl sites for hydroxylation is 2. The summed E-state index contributed by atoms with van der Waals surface area (Å²) < 4.78 is 26.2. The number of nitrogens with one attached hydrogen (secondary N) is 1. The Kier molecular flexibility index (Phi) is 4.67. The molecule has 1 aromatic heterocycles. The monoisotopic (exact) mass is 314 g/mol. The van der Waals surface area contributed by atoms with Gasteiger partial charge in [-0.1, -0.05) is 0 Å². The highest BCUT2D eigenvalue weighted by Crippen LogP contribution is 2.23. The largest absolute Gasteiger partial charge is 0.340 e. The predicted octanol–water partition coefficient (Wildman–Crippen LogP) is 0.213. The molecule has 0 spiro atoms. The van der Waals surface area contributed by atoms with E-state index in [4.69, 9.17) is 0 Å². The molecular weight excluding hydrogens is 292 g/mol. The number of hydrogen-bond donors (Lipinski definition) is 1. The second kappa shape index (κ2) is 6.15. The predicted molar refractivity (Wildman–Crippen MR) is 79.4 cm³/mol. The molecule has 0 aromatic carbocycles. The first kappa shape index (κ1) is 16.0. The molecule has 8 heteroatoms. The number of carbonyl (C=O) groups excluding carboxylic acids is 1. The summed E-state index contributed by atoms with van der Waals surface area (Å²) >= 11 is 0. The molecule has 1 aliphatic heterocycles. The molecule has 0 radical (unpaired) electrons. The Bertz CT molecular complexity index is 623. The third-order valence-corrected chi connectivity index (χ3v) is 4.34. The number of likely N-dealkylation sites (tertiary alicyclic amines) is 1. The summed E-state index contributed by atoms with van der Waals surface area (Å²) in [5, 5.41) is 4.47. The summed E-state index contributed by atoms with van der Waals surface area (Å²) in [6.45, 7) is 5.46. The van der Waals surface area contributed by atoms with Crippen molar-refractivity contribution in [2.45, 2.75) is 32.7 Å². The molecular formula is C13H22N4O3S. The lowest BCUT2D eigenvalue weighted by atomic mass is 10.2. The number of aromatic nitrogens is 2. The van der Waals surface area contributed by atoms with Crippen molar-refractivity contribution in [3.63, 3.8) is 0 Å². The van der Waals surface area contributed by atoms with Crippen LogP contribution in [0.3, 0.4) is 0 Å². The summed E-state index contributed by atoms with van der Waals surface area (Å²) in [5.41, 5.74) is 2.08. The SMILES string of the molecule is Cc1cc(C)n([C@H]2CCN(C(=O)CCNS(C)(=O)=O)C2)n1. The zero-order valence-corrected chi connectivity index (χ0v) is 13.5. The first-order valence-corrected chi connectivity index (χ1v) is 8.90. The molecule has 2 heterocycles. The number of nitrogens with zero attached hydrogens (tertiary/aromatic N) is 3. The highest BCUT2D eigenvalue weighted by molar-refractivity contribution is 7.88. The fourth-order valence-corrected chi connectivity index (χ4v) is 3.16. The van der Waals surface area contributed by atoms with Crippen molar-refractivity contribution in [1.29, 1.82) is 0 Å². The molecule has 21 heavy (non-hydrogen) atoms. The van der Waals surface area contributed by atoms with Gasteiger partial charge in [0.05, 0.1) is 18.0 Å². The van der Waals surface area contributed by atoms with Gasteiger partial charge < -0.3 is 4.90 Å². The molecule has 0 unspecified atom stereocenters. The molecule has 0 bridgehead atoms. The van der Waals surface area contributed by atoms with E-state index in [1.54, 1.807) is 4.90 Å². The normalized spacial score (nSPS) is 19.2. The first-order valence-electron chi connectivity index (χ1n) is 7.01. The van der Waals surface area contributed by atoms with Crippen LogP contribution in [0.1, 0.15) is 30.3 Å². The van der Waals surface area contributed by atoms with Crippen LogP contribution in [0.4, 0.5) is 0 Å². The lowest BCUT2D eigenvalue weighted by Gasteiger charge is -2.17. The van der Waals surface area contributed by atoms with Crippen molar-refractivity contribution >= 4 is 15.9 Å². The van der Waals surface area contributed by atoms with Gasteiger partial charge in [-0.05, 0) is 26.3 Å². The molecule has 1 atom stereocenters. The Morgan fingerprint density at radius 3 is 2.76 bits per heavy atom. The first-order chi connectivity index (χ1) is 9.76. The van der Waals surface area contributed by atoms with Gasteiger partial charge in [0.25, 0.3) is 0 Å². The fraction of sp³-hybridized carbons (Fsp3) is 0.692. The molecule has 2 rings (SSSR count). The second-order valence-electron chi connectivity index (χ2n) is 5.57. The van der Waals surface area contributed by atoms with Crippen LogP contribution in [0, 0.1) is 13.8 Å². The highest BCUT2D eigenvalue weighted by atomic mass is 32.2. The number of hydrogen-bond acceptors (Lipinski definition) is 4. The van der Waals surface area contributed by atoms with Crippen LogP contribution in [-0.2, 0) is 14.8 Å². The lowest BCUT2D eigenvalue weighted by molar-refractivity contribution is -0.130. The number of carbonyl (C=O) groups is 1. The van der Waals surface area contributed by atoms with Crippen molar-refractivity contribution in [2.75, 3.05) is 25.9 Å². The number of amides is 1. The smallest absolute Gasteiger partial charge is 0.223 e. The molecule has 1 amide bonds. The van der Waals surface area contributed by atoms with Crippen LogP contribution in [0.15, 0.2) is 6.07 Å². The second-order valence-corrected chi connectivity index (χ2v) is 7.40. The summed E-state index contributed by atoms with van der Waals surface area (Å²) in [7, 11) is -3.23. The fourth-order valence-electron chi connectivity index (χ4n) is 2.69. The van der Waals surface area contributed by atoms with Gasteiger partial charge in [-0.15, -0.1) is 0 Å². The summed E-state index contributed by atoms with van der Waals surface area (Å²) in [5.74, 6) is -0.0184. The standard InChI is InChI=1S/C13H22N4O3S/c1-10-8-11(2)17(15-10)12-5-7-16(9-12)13(18)4-6-14-21(3,19)20/h8,12,14H,4-7,9H2,1-3H3/t12-/m0/s1. The van der Waals surface area contributed by atoms with Crippen molar-refractivity contribution < 1.29 is 13.2 Å². The molecule has 1 N–H and O–H groups in total. The van der Waals surface area contributed by atoms with Crippen LogP contribution in [0.5, 0.6) is 0 Å². The van der Waals surface area contributed by atoms with Crippen LogP contribution in [-0.4, -0.2) is 54.9 Å². The van der Waals surface area contributed by atoms with E-state index >= 15 is 0 Å². The molecule has 7 nitrogen and oxygen atoms in total. The van der Waals surface area contributed by atoms with E-state index < -0.39 is 10.0 Å². The molecule has 1 saturated heterocycles. The van der Waals surface area contributed by atoms with E-state index in [0.717, 1.165) is 24.1 Å². The Hall–Kier alpha value is -1.41. The van der Waals surface area contributed by atoms with E-state index in [1.807, 2.05) is 24.6 Å². The topological polar surface area (TPSA) is 84.3 Å². The molecule has 1 aromatic rings. The summed E-state index contributed by atoms with van der Waals surface area (Å²) in [6, 6.07) is 2.24. The van der Waals surface area contributed by atoms with Gasteiger partial charge in [0.1, 0.15) is 0 Å². The Morgan fingerprint density at radius 2 is 2.19 bits per heavy atom. The third kappa shape index (κ3) is 4.28. The van der Waals surface area contributed by atoms with E-state index in [9.17, 15) is 13.2 Å². The van der Waals surface area contributed by atoms with Crippen LogP contribution in [0.2, 0.25) is 0 Å². The minimum absolute atomic E-state index is 0.0184. The van der Waals surface area contributed by atoms with Gasteiger partial charge in [-0.25, -0.2) is 13.1 Å². The Balaban J connectivity index is 1.87. The molecule has 118 valence electrons. The van der Waals surface area contributed by atoms with Crippen LogP contribution in [0.25, 0.3) is 0 Å². The zero-order chi connectivity index (χ0) is 15.6. The molecule has 0 aliphatic carbocycles. The number of rotatable bonds is 5. The van der Waals surface area contributed by atoms with E-state index in [2.05, 4.69) is 9.82 Å². The minimum Gasteiger partial charge on any atom is -0.340 e. The van der Waals surface area contributed by atoms with E-state index in [1.165, 1.54) is 0 Å². The Morgan fingerprint density at radius 1 is 1.48 bits per heavy atom. The summed E-state index contributed by atoms with van der Waals surface area (Å²) in [6.07, 6.45) is 2.16. The average molecular weight is 314 g/mol. The highest BCUT2D eigenvalue weighted by Gasteiger charge is 2.28. The van der Waals surface area contributed by atoms with Crippen molar-refractivity contribution in [3.05, 3.63) is 17.5 Å². The van der Waals surface area contributed by atoms with Gasteiger partial charge in [-0.2, -0.15) is 5.10 Å². The maximum atomic E-state index is 12.1. The van der Waals surface area contributed by atoms with Gasteiger partial charge in [0, 0.05) is 31.7 Å². The quantitative estimate of drug-likeness (QED) is 0.842. The van der Waals surface area contributed by atoms with Crippen molar-refractivity contribution in [2.24, 2.45) is 0 Å². The third-order valence-electron chi connectivity index (χ3n) is 3.61. The maximum Gasteiger partial charge on any atom is 0.223 e. The molecule has 0 saturated carbocycles. The van der Waals surface area contributed by atoms with Gasteiger partial charge in [0.15, 0.2) is 0 Å². The number of sulfonamides is 1. The van der Waals surface area contributed by atoms with Crippen LogP contribution < -0.4 is 4.72 Å². The maximum absolute atomic E-state index is 12.1. The Labute approximate surface area is 125 Å². The van der Waals surface area contributed by atoms with Crippen molar-refractivity contribution in [3.8, 4) is 0 Å². The minimum atomic E-state index is -3.23. The van der Waals surface area contributed by atoms with Gasteiger partial charge in [0.2, 0.25) is 15.9 Å². The molecule has 1 fully saturated rings. The van der Waals surface area contributed by atoms with Crippen molar-refractivity contribution in [1.82, 2.24) is 19.4 Å².